The summed E-state index contributed by atoms with van der Waals surface area (Å²) < 4.78 is 30.2. The Hall–Kier alpha value is -2.20. The van der Waals surface area contributed by atoms with E-state index in [-0.39, 0.29) is 0 Å². The van der Waals surface area contributed by atoms with Gasteiger partial charge in [0.2, 0.25) is 0 Å². The third kappa shape index (κ3) is 3.90. The summed E-state index contributed by atoms with van der Waals surface area (Å²) in [6, 6.07) is 1.05. The van der Waals surface area contributed by atoms with Gasteiger partial charge in [-0.2, -0.15) is 0 Å². The quantitative estimate of drug-likeness (QED) is 0.560. The van der Waals surface area contributed by atoms with Crippen LogP contribution in [0.2, 0.25) is 0 Å². The summed E-state index contributed by atoms with van der Waals surface area (Å²) in [5, 5.41) is -1.18. The van der Waals surface area contributed by atoms with Crippen molar-refractivity contribution >= 4 is 23.5 Å². The molecule has 0 bridgehead atoms. The van der Waals surface area contributed by atoms with Crippen molar-refractivity contribution in [1.29, 1.82) is 0 Å². The summed E-state index contributed by atoms with van der Waals surface area (Å²) >= 11 is 6.25. The van der Waals surface area contributed by atoms with Crippen molar-refractivity contribution < 1.29 is 28.2 Å². The van der Waals surface area contributed by atoms with Crippen molar-refractivity contribution in [2.24, 2.45) is 0 Å². The highest BCUT2D eigenvalue weighted by molar-refractivity contribution is 6.21. The van der Waals surface area contributed by atoms with Crippen molar-refractivity contribution in [3.05, 3.63) is 33.1 Å². The van der Waals surface area contributed by atoms with Crippen molar-refractivity contribution in [2.45, 2.75) is 37.2 Å². The lowest BCUT2D eigenvalue weighted by Gasteiger charge is -2.30. The number of halogens is 2. The lowest BCUT2D eigenvalue weighted by atomic mass is 9.98. The molecule has 138 valence electrons. The van der Waals surface area contributed by atoms with Crippen LogP contribution in [-0.4, -0.2) is 51.9 Å². The minimum absolute atomic E-state index is 0.575. The van der Waals surface area contributed by atoms with E-state index in [1.54, 1.807) is 0 Å². The maximum atomic E-state index is 13.8. The van der Waals surface area contributed by atoms with Crippen LogP contribution < -0.4 is 11.2 Å². The van der Waals surface area contributed by atoms with Crippen LogP contribution in [0.1, 0.15) is 20.1 Å². The number of nitrogens with one attached hydrogen (secondary N) is 1. The molecule has 0 aliphatic carbocycles. The largest absolute Gasteiger partial charge is 0.463 e. The summed E-state index contributed by atoms with van der Waals surface area (Å²) in [5.41, 5.74) is -3.37. The lowest BCUT2D eigenvalue weighted by molar-refractivity contribution is -0.179. The van der Waals surface area contributed by atoms with Crippen LogP contribution in [0.3, 0.4) is 0 Å². The number of hydrogen-bond donors (Lipinski definition) is 1. The molecular weight excluding hydrogens is 363 g/mol. The molecule has 1 aromatic rings. The Morgan fingerprint density at radius 1 is 1.40 bits per heavy atom. The highest BCUT2D eigenvalue weighted by atomic mass is 35.5. The van der Waals surface area contributed by atoms with Crippen molar-refractivity contribution in [3.63, 3.8) is 0 Å². The van der Waals surface area contributed by atoms with Crippen LogP contribution in [0.4, 0.5) is 4.39 Å². The Bertz CT molecular complexity index is 779. The molecule has 1 aliphatic heterocycles. The molecule has 1 saturated heterocycles. The van der Waals surface area contributed by atoms with Gasteiger partial charge in [-0.1, -0.05) is 0 Å². The normalized spacial score (nSPS) is 28.6. The van der Waals surface area contributed by atoms with Crippen molar-refractivity contribution in [1.82, 2.24) is 9.55 Å². The number of carbonyl (C=O) groups is 2. The molecule has 0 unspecified atom stereocenters. The zero-order valence-corrected chi connectivity index (χ0v) is 14.1. The molecule has 0 saturated carbocycles. The zero-order valence-electron chi connectivity index (χ0n) is 13.4. The highest BCUT2D eigenvalue weighted by Crippen LogP contribution is 2.42. The van der Waals surface area contributed by atoms with E-state index in [0.717, 1.165) is 30.7 Å². The Morgan fingerprint density at radius 2 is 2.08 bits per heavy atom. The predicted octanol–water partition coefficient (Wildman–Crippen LogP) is -0.124. The molecule has 9 nitrogen and oxygen atoms in total. The van der Waals surface area contributed by atoms with E-state index < -0.39 is 59.8 Å². The fourth-order valence-corrected chi connectivity index (χ4v) is 2.94. The first-order chi connectivity index (χ1) is 11.7. The van der Waals surface area contributed by atoms with Crippen LogP contribution in [0.15, 0.2) is 21.9 Å². The number of esters is 2. The molecule has 1 aliphatic rings. The maximum absolute atomic E-state index is 13.8. The van der Waals surface area contributed by atoms with E-state index in [4.69, 9.17) is 25.8 Å². The maximum Gasteiger partial charge on any atom is 0.330 e. The Balaban J connectivity index is 2.44. The number of aromatic amines is 1. The number of ether oxygens (including phenoxy) is 3. The number of nitrogens with zero attached hydrogens (tertiary/aromatic N) is 1. The van der Waals surface area contributed by atoms with E-state index in [1.165, 1.54) is 0 Å². The second kappa shape index (κ2) is 7.36. The van der Waals surface area contributed by atoms with Crippen molar-refractivity contribution in [2.75, 3.05) is 13.3 Å². The van der Waals surface area contributed by atoms with Gasteiger partial charge in [-0.05, 0) is 0 Å². The second-order valence-corrected chi connectivity index (χ2v) is 5.98. The average Bonchev–Trinajstić information content (AvgIpc) is 2.79. The van der Waals surface area contributed by atoms with Gasteiger partial charge in [0.1, 0.15) is 18.7 Å². The van der Waals surface area contributed by atoms with Gasteiger partial charge >= 0.3 is 17.6 Å². The summed E-state index contributed by atoms with van der Waals surface area (Å²) in [6.07, 6.45) is -1.48. The van der Waals surface area contributed by atoms with Gasteiger partial charge in [0.05, 0.1) is 0 Å². The molecule has 1 fully saturated rings. The number of carbonyl (C=O) groups excluding carboxylic acids is 2. The fourth-order valence-electron chi connectivity index (χ4n) is 2.49. The average molecular weight is 379 g/mol. The minimum atomic E-state index is -1.88. The first-order valence-electron chi connectivity index (χ1n) is 7.20. The Labute approximate surface area is 145 Å². The number of H-pyrrole nitrogens is 1. The van der Waals surface area contributed by atoms with Crippen LogP contribution in [0.5, 0.6) is 0 Å². The van der Waals surface area contributed by atoms with E-state index in [0.29, 0.717) is 0 Å². The zero-order chi connectivity index (χ0) is 18.8. The van der Waals surface area contributed by atoms with Crippen LogP contribution >= 0.6 is 11.6 Å². The molecule has 11 heteroatoms. The Kier molecular flexibility index (Phi) is 5.63. The summed E-state index contributed by atoms with van der Waals surface area (Å²) in [4.78, 5) is 47.6. The second-order valence-electron chi connectivity index (χ2n) is 5.48. The van der Waals surface area contributed by atoms with E-state index in [1.807, 2.05) is 4.98 Å². The van der Waals surface area contributed by atoms with Crippen LogP contribution in [0.25, 0.3) is 0 Å². The van der Waals surface area contributed by atoms with Crippen LogP contribution in [-0.2, 0) is 23.8 Å². The Morgan fingerprint density at radius 3 is 2.60 bits per heavy atom. The fraction of sp³-hybridized carbons (Fsp3) is 0.571. The molecule has 0 aromatic carbocycles. The minimum Gasteiger partial charge on any atom is -0.463 e. The molecular formula is C14H16ClFN2O7. The van der Waals surface area contributed by atoms with Gasteiger partial charge in [-0.25, -0.2) is 9.18 Å². The van der Waals surface area contributed by atoms with Gasteiger partial charge in [0.25, 0.3) is 5.56 Å². The third-order valence-corrected chi connectivity index (χ3v) is 4.04. The van der Waals surface area contributed by atoms with Crippen molar-refractivity contribution in [3.8, 4) is 0 Å². The van der Waals surface area contributed by atoms with Gasteiger partial charge in [0, 0.05) is 26.1 Å². The SMILES string of the molecule is CC(=O)OC[C@@]1(CF)O[C@@H](n2ccc(=O)[nH]c2=O)[C@@H](Cl)[C@@H]1OC(C)=O. The molecule has 1 N–H and O–H groups in total. The third-order valence-electron chi connectivity index (χ3n) is 3.60. The molecule has 0 spiro atoms. The molecule has 2 heterocycles. The predicted molar refractivity (Wildman–Crippen MR) is 82.0 cm³/mol. The van der Waals surface area contributed by atoms with Gasteiger partial charge in [0.15, 0.2) is 17.9 Å². The number of rotatable bonds is 5. The molecule has 1 aromatic heterocycles. The standard InChI is InChI=1S/C14H16ClFN2O7/c1-7(19)23-6-14(5-16)11(24-8(2)20)10(15)12(25-14)18-4-3-9(21)17-13(18)22/h3-4,10-12H,5-6H2,1-2H3,(H,17,21,22)/t10-,11-,12+,14+/m0/s1. The number of hydrogen-bond acceptors (Lipinski definition) is 7. The molecule has 25 heavy (non-hydrogen) atoms. The van der Waals surface area contributed by atoms with E-state index >= 15 is 0 Å². The highest BCUT2D eigenvalue weighted by Gasteiger charge is 2.58. The smallest absolute Gasteiger partial charge is 0.330 e. The van der Waals surface area contributed by atoms with Gasteiger partial charge < -0.3 is 14.2 Å². The monoisotopic (exact) mass is 378 g/mol. The summed E-state index contributed by atoms with van der Waals surface area (Å²) in [6.45, 7) is 0.437. The summed E-state index contributed by atoms with van der Waals surface area (Å²) in [5.74, 6) is -1.46. The molecule has 0 amide bonds. The lowest BCUT2D eigenvalue weighted by Crippen LogP contribution is -2.50. The number of alkyl halides is 2. The van der Waals surface area contributed by atoms with E-state index in [2.05, 4.69) is 0 Å². The van der Waals surface area contributed by atoms with Crippen LogP contribution in [0, 0.1) is 0 Å². The molecule has 2 rings (SSSR count). The first kappa shape index (κ1) is 19.1. The number of aromatic nitrogens is 2. The van der Waals surface area contributed by atoms with Gasteiger partial charge in [-0.15, -0.1) is 11.6 Å². The van der Waals surface area contributed by atoms with E-state index in [9.17, 15) is 23.6 Å². The first-order valence-corrected chi connectivity index (χ1v) is 7.64. The topological polar surface area (TPSA) is 117 Å². The van der Waals surface area contributed by atoms with Gasteiger partial charge in [-0.3, -0.25) is 23.9 Å². The molecule has 4 atom stereocenters. The summed E-state index contributed by atoms with van der Waals surface area (Å²) in [7, 11) is 0. The molecule has 0 radical (unpaired) electrons.